The standard InChI is InChI=1S/C10H11N3/c1-2-10(12-13-11)8-9-6-4-3-5-7-9/h2-7,10H,1,8H2. The second kappa shape index (κ2) is 5.01. The number of nitrogens with zero attached hydrogens (tertiary/aromatic N) is 3. The fraction of sp³-hybridized carbons (Fsp3) is 0.200. The van der Waals surface area contributed by atoms with E-state index in [4.69, 9.17) is 5.53 Å². The first kappa shape index (κ1) is 9.36. The number of rotatable bonds is 4. The van der Waals surface area contributed by atoms with E-state index in [0.717, 1.165) is 5.56 Å². The van der Waals surface area contributed by atoms with Crippen molar-refractivity contribution in [3.63, 3.8) is 0 Å². The number of hydrogen-bond donors (Lipinski definition) is 0. The largest absolute Gasteiger partial charge is 0.103 e. The van der Waals surface area contributed by atoms with Gasteiger partial charge in [-0.25, -0.2) is 0 Å². The maximum absolute atomic E-state index is 8.26. The highest BCUT2D eigenvalue weighted by atomic mass is 15.1. The summed E-state index contributed by atoms with van der Waals surface area (Å²) in [7, 11) is 0. The summed E-state index contributed by atoms with van der Waals surface area (Å²) in [6, 6.07) is 9.75. The first-order valence-electron chi connectivity index (χ1n) is 4.07. The number of hydrogen-bond acceptors (Lipinski definition) is 1. The highest BCUT2D eigenvalue weighted by molar-refractivity contribution is 5.17. The van der Waals surface area contributed by atoms with E-state index in [1.165, 1.54) is 0 Å². The van der Waals surface area contributed by atoms with Gasteiger partial charge in [-0.3, -0.25) is 0 Å². The predicted molar refractivity (Wildman–Crippen MR) is 53.3 cm³/mol. The van der Waals surface area contributed by atoms with E-state index >= 15 is 0 Å². The minimum Gasteiger partial charge on any atom is -0.103 e. The molecule has 1 aromatic rings. The molecule has 1 atom stereocenters. The number of azide groups is 1. The summed E-state index contributed by atoms with van der Waals surface area (Å²) in [5.74, 6) is 0. The van der Waals surface area contributed by atoms with Crippen LogP contribution in [0.3, 0.4) is 0 Å². The fourth-order valence-electron chi connectivity index (χ4n) is 1.09. The predicted octanol–water partition coefficient (Wildman–Crippen LogP) is 3.09. The molecule has 0 N–H and O–H groups in total. The van der Waals surface area contributed by atoms with Gasteiger partial charge < -0.3 is 0 Å². The van der Waals surface area contributed by atoms with E-state index in [9.17, 15) is 0 Å². The summed E-state index contributed by atoms with van der Waals surface area (Å²) in [6.07, 6.45) is 2.38. The molecule has 0 aliphatic carbocycles. The summed E-state index contributed by atoms with van der Waals surface area (Å²) in [4.78, 5) is 2.76. The molecule has 0 aromatic heterocycles. The highest BCUT2D eigenvalue weighted by Crippen LogP contribution is 2.06. The fourth-order valence-corrected chi connectivity index (χ4v) is 1.09. The van der Waals surface area contributed by atoms with E-state index in [0.29, 0.717) is 6.42 Å². The van der Waals surface area contributed by atoms with Crippen molar-refractivity contribution in [1.82, 2.24) is 0 Å². The summed E-state index contributed by atoms with van der Waals surface area (Å²) < 4.78 is 0. The molecule has 3 heteroatoms. The van der Waals surface area contributed by atoms with Crippen LogP contribution in [-0.4, -0.2) is 6.04 Å². The van der Waals surface area contributed by atoms with Gasteiger partial charge in [0.2, 0.25) is 0 Å². The van der Waals surface area contributed by atoms with Crippen molar-refractivity contribution in [3.8, 4) is 0 Å². The Morgan fingerprint density at radius 1 is 1.46 bits per heavy atom. The Morgan fingerprint density at radius 3 is 2.69 bits per heavy atom. The van der Waals surface area contributed by atoms with Crippen molar-refractivity contribution in [2.45, 2.75) is 12.5 Å². The van der Waals surface area contributed by atoms with E-state index in [1.54, 1.807) is 6.08 Å². The Bertz CT molecular complexity index is 312. The van der Waals surface area contributed by atoms with Gasteiger partial charge in [0.15, 0.2) is 0 Å². The molecule has 0 spiro atoms. The quantitative estimate of drug-likeness (QED) is 0.291. The van der Waals surface area contributed by atoms with Crippen LogP contribution in [0.25, 0.3) is 10.4 Å². The second-order valence-electron chi connectivity index (χ2n) is 2.70. The highest BCUT2D eigenvalue weighted by Gasteiger charge is 2.01. The first-order valence-corrected chi connectivity index (χ1v) is 4.07. The Morgan fingerprint density at radius 2 is 2.15 bits per heavy atom. The monoisotopic (exact) mass is 173 g/mol. The minimum atomic E-state index is -0.146. The summed E-state index contributed by atoms with van der Waals surface area (Å²) in [5, 5.41) is 3.60. The summed E-state index contributed by atoms with van der Waals surface area (Å²) >= 11 is 0. The molecule has 0 amide bonds. The van der Waals surface area contributed by atoms with Crippen LogP contribution < -0.4 is 0 Å². The van der Waals surface area contributed by atoms with Gasteiger partial charge in [0, 0.05) is 4.91 Å². The molecular weight excluding hydrogens is 162 g/mol. The smallest absolute Gasteiger partial charge is 0.0592 e. The zero-order valence-electron chi connectivity index (χ0n) is 7.30. The molecule has 0 saturated carbocycles. The lowest BCUT2D eigenvalue weighted by atomic mass is 10.1. The Hall–Kier alpha value is -1.73. The van der Waals surface area contributed by atoms with E-state index < -0.39 is 0 Å². The van der Waals surface area contributed by atoms with Gasteiger partial charge >= 0.3 is 0 Å². The molecule has 1 rings (SSSR count). The lowest BCUT2D eigenvalue weighted by molar-refractivity contribution is 0.803. The zero-order valence-corrected chi connectivity index (χ0v) is 7.30. The Kier molecular flexibility index (Phi) is 3.61. The molecule has 0 radical (unpaired) electrons. The van der Waals surface area contributed by atoms with Crippen LogP contribution in [0, 0.1) is 0 Å². The van der Waals surface area contributed by atoms with Crippen LogP contribution >= 0.6 is 0 Å². The van der Waals surface area contributed by atoms with Crippen molar-refractivity contribution in [3.05, 3.63) is 59.0 Å². The minimum absolute atomic E-state index is 0.146. The van der Waals surface area contributed by atoms with Crippen LogP contribution in [0.5, 0.6) is 0 Å². The molecule has 0 aliphatic rings. The molecule has 0 bridgehead atoms. The van der Waals surface area contributed by atoms with Crippen LogP contribution in [0.4, 0.5) is 0 Å². The first-order chi connectivity index (χ1) is 6.36. The van der Waals surface area contributed by atoms with Gasteiger partial charge in [-0.05, 0) is 17.5 Å². The molecular formula is C10H11N3. The van der Waals surface area contributed by atoms with Crippen LogP contribution in [0.1, 0.15) is 5.56 Å². The van der Waals surface area contributed by atoms with Gasteiger partial charge in [-0.2, -0.15) is 0 Å². The molecule has 1 aromatic carbocycles. The van der Waals surface area contributed by atoms with Crippen LogP contribution in [-0.2, 0) is 6.42 Å². The van der Waals surface area contributed by atoms with Crippen molar-refractivity contribution >= 4 is 0 Å². The normalized spacial score (nSPS) is 11.4. The third-order valence-corrected chi connectivity index (χ3v) is 1.76. The van der Waals surface area contributed by atoms with Crippen LogP contribution in [0.2, 0.25) is 0 Å². The molecule has 0 saturated heterocycles. The van der Waals surface area contributed by atoms with Gasteiger partial charge in [0.1, 0.15) is 0 Å². The molecule has 1 unspecified atom stereocenters. The SMILES string of the molecule is C=CC(Cc1ccccc1)N=[N+]=[N-]. The van der Waals surface area contributed by atoms with Gasteiger partial charge in [0.25, 0.3) is 0 Å². The van der Waals surface area contributed by atoms with Gasteiger partial charge in [-0.15, -0.1) is 6.58 Å². The average molecular weight is 173 g/mol. The maximum Gasteiger partial charge on any atom is 0.0592 e. The van der Waals surface area contributed by atoms with Crippen molar-refractivity contribution in [2.24, 2.45) is 5.11 Å². The third kappa shape index (κ3) is 3.01. The Labute approximate surface area is 77.3 Å². The lowest BCUT2D eigenvalue weighted by Gasteiger charge is -2.04. The van der Waals surface area contributed by atoms with Crippen molar-refractivity contribution in [1.29, 1.82) is 0 Å². The van der Waals surface area contributed by atoms with Crippen molar-refractivity contribution < 1.29 is 0 Å². The summed E-state index contributed by atoms with van der Waals surface area (Å²) in [6.45, 7) is 3.61. The molecule has 13 heavy (non-hydrogen) atoms. The van der Waals surface area contributed by atoms with E-state index in [1.807, 2.05) is 30.3 Å². The molecule has 66 valence electrons. The lowest BCUT2D eigenvalue weighted by Crippen LogP contribution is -2.02. The molecule has 0 heterocycles. The second-order valence-corrected chi connectivity index (χ2v) is 2.70. The van der Waals surface area contributed by atoms with Crippen LogP contribution in [0.15, 0.2) is 48.1 Å². The summed E-state index contributed by atoms with van der Waals surface area (Å²) in [5.41, 5.74) is 9.41. The molecule has 0 aliphatic heterocycles. The van der Waals surface area contributed by atoms with Gasteiger partial charge in [-0.1, -0.05) is 41.5 Å². The molecule has 3 nitrogen and oxygen atoms in total. The third-order valence-electron chi connectivity index (χ3n) is 1.76. The zero-order chi connectivity index (χ0) is 9.52. The number of benzene rings is 1. The maximum atomic E-state index is 8.26. The molecule has 0 fully saturated rings. The Balaban J connectivity index is 2.67. The van der Waals surface area contributed by atoms with Crippen molar-refractivity contribution in [2.75, 3.05) is 0 Å². The van der Waals surface area contributed by atoms with Gasteiger partial charge in [0.05, 0.1) is 6.04 Å². The topological polar surface area (TPSA) is 48.8 Å². The van der Waals surface area contributed by atoms with E-state index in [-0.39, 0.29) is 6.04 Å². The average Bonchev–Trinajstić information content (AvgIpc) is 2.19. The van der Waals surface area contributed by atoms with E-state index in [2.05, 4.69) is 16.6 Å².